The lowest BCUT2D eigenvalue weighted by Crippen LogP contribution is -2.34. The van der Waals surface area contributed by atoms with E-state index in [0.717, 1.165) is 16.5 Å². The van der Waals surface area contributed by atoms with Crippen molar-refractivity contribution in [2.24, 2.45) is 5.73 Å². The van der Waals surface area contributed by atoms with Gasteiger partial charge in [-0.25, -0.2) is 0 Å². The highest BCUT2D eigenvalue weighted by atomic mass is 32.1. The Morgan fingerprint density at radius 2 is 1.79 bits per heavy atom. The number of hydrogen-bond donors (Lipinski definition) is 4. The summed E-state index contributed by atoms with van der Waals surface area (Å²) in [5.41, 5.74) is 9.51. The Labute approximate surface area is 173 Å². The number of carbonyl (C=O) groups is 1. The Hall–Kier alpha value is -3.09. The van der Waals surface area contributed by atoms with Gasteiger partial charge in [0.05, 0.1) is 23.0 Å². The Bertz CT molecular complexity index is 1200. The lowest BCUT2D eigenvalue weighted by molar-refractivity contribution is 0.0971. The van der Waals surface area contributed by atoms with E-state index in [1.165, 1.54) is 6.07 Å². The predicted octanol–water partition coefficient (Wildman–Crippen LogP) is 3.68. The molecule has 0 radical (unpaired) electrons. The highest BCUT2D eigenvalue weighted by Gasteiger charge is 2.26. The molecule has 2 aromatic rings. The van der Waals surface area contributed by atoms with Gasteiger partial charge in [-0.2, -0.15) is 12.6 Å². The molecule has 6 heteroatoms. The monoisotopic (exact) mass is 403 g/mol. The minimum absolute atomic E-state index is 0.193. The molecule has 0 fully saturated rings. The molecular formula is C23H21N3O2S. The van der Waals surface area contributed by atoms with Gasteiger partial charge in [0, 0.05) is 29.4 Å². The van der Waals surface area contributed by atoms with Crippen LogP contribution in [0.4, 0.5) is 5.69 Å². The number of rotatable bonds is 6. The molecule has 4 N–H and O–H groups in total. The molecule has 1 heterocycles. The van der Waals surface area contributed by atoms with E-state index in [1.807, 2.05) is 60.7 Å². The number of nitrogens with one attached hydrogen (secondary N) is 2. The number of para-hydroxylation sites is 1. The molecule has 29 heavy (non-hydrogen) atoms. The molecule has 0 unspecified atom stereocenters. The van der Waals surface area contributed by atoms with Crippen LogP contribution >= 0.6 is 12.6 Å². The molecule has 5 nitrogen and oxygen atoms in total. The number of hydrogen-bond acceptors (Lipinski definition) is 5. The first-order valence-corrected chi connectivity index (χ1v) is 9.99. The second-order valence-corrected chi connectivity index (χ2v) is 7.30. The minimum atomic E-state index is -0.799. The summed E-state index contributed by atoms with van der Waals surface area (Å²) in [6, 6.07) is 20.1. The van der Waals surface area contributed by atoms with Crippen LogP contribution in [0.25, 0.3) is 22.2 Å². The van der Waals surface area contributed by atoms with Gasteiger partial charge in [0.25, 0.3) is 0 Å². The number of fused-ring (bicyclic) bond motifs is 2. The summed E-state index contributed by atoms with van der Waals surface area (Å²) in [6.45, 7) is 0.426. The van der Waals surface area contributed by atoms with Gasteiger partial charge in [0.2, 0.25) is 5.43 Å². The fraction of sp³-hybridized carbons (Fsp3) is 0.130. The largest absolute Gasteiger partial charge is 0.377 e. The van der Waals surface area contributed by atoms with E-state index in [1.54, 1.807) is 0 Å². The van der Waals surface area contributed by atoms with Crippen LogP contribution < -0.4 is 16.5 Å². The number of pyridine rings is 1. The van der Waals surface area contributed by atoms with Gasteiger partial charge in [-0.1, -0.05) is 48.5 Å². The van der Waals surface area contributed by atoms with Crippen molar-refractivity contribution in [3.05, 3.63) is 88.1 Å². The minimum Gasteiger partial charge on any atom is -0.377 e. The third kappa shape index (κ3) is 3.77. The quantitative estimate of drug-likeness (QED) is 0.225. The number of aromatic nitrogens is 1. The number of carbonyl (C=O) groups excluding carboxylic acids is 1. The van der Waals surface area contributed by atoms with Crippen LogP contribution in [-0.4, -0.2) is 22.6 Å². The van der Waals surface area contributed by atoms with Crippen LogP contribution in [0.3, 0.4) is 0 Å². The van der Waals surface area contributed by atoms with Crippen LogP contribution in [-0.2, 0) is 6.54 Å². The van der Waals surface area contributed by atoms with Gasteiger partial charge in [0.1, 0.15) is 0 Å². The maximum Gasteiger partial charge on any atom is 0.204 e. The first-order chi connectivity index (χ1) is 14.1. The molecule has 1 aliphatic carbocycles. The zero-order valence-electron chi connectivity index (χ0n) is 15.7. The summed E-state index contributed by atoms with van der Waals surface area (Å²) in [5.74, 6) is -0.110. The summed E-state index contributed by atoms with van der Waals surface area (Å²) < 4.78 is 0. The van der Waals surface area contributed by atoms with Crippen LogP contribution in [0.1, 0.15) is 15.9 Å². The molecule has 146 valence electrons. The number of benzene rings is 3. The molecule has 0 spiro atoms. The Morgan fingerprint density at radius 3 is 2.55 bits per heavy atom. The topological polar surface area (TPSA) is 88.0 Å². The molecule has 0 saturated heterocycles. The molecule has 1 atom stereocenters. The van der Waals surface area contributed by atoms with Crippen LogP contribution in [0.2, 0.25) is 0 Å². The Kier molecular flexibility index (Phi) is 5.38. The van der Waals surface area contributed by atoms with E-state index >= 15 is 0 Å². The van der Waals surface area contributed by atoms with Crippen molar-refractivity contribution < 1.29 is 4.79 Å². The molecule has 0 saturated carbocycles. The summed E-state index contributed by atoms with van der Waals surface area (Å²) in [5, 5.41) is 4.12. The van der Waals surface area contributed by atoms with Gasteiger partial charge in [-0.05, 0) is 23.1 Å². The molecule has 2 aliphatic rings. The SMILES string of the molecule is N[C@@H](CS)C(=O)c1c2cc3ccccc3[nH]c-2cc(=O)c1NCc1ccccc1. The van der Waals surface area contributed by atoms with E-state index < -0.39 is 6.04 Å². The van der Waals surface area contributed by atoms with Gasteiger partial charge >= 0.3 is 0 Å². The van der Waals surface area contributed by atoms with Crippen molar-refractivity contribution in [2.75, 3.05) is 11.1 Å². The summed E-state index contributed by atoms with van der Waals surface area (Å²) in [7, 11) is 0. The third-order valence-corrected chi connectivity index (χ3v) is 5.35. The maximum atomic E-state index is 13.1. The average Bonchev–Trinajstić information content (AvgIpc) is 2.75. The number of H-pyrrole nitrogens is 1. The van der Waals surface area contributed by atoms with Crippen molar-refractivity contribution in [1.29, 1.82) is 0 Å². The lowest BCUT2D eigenvalue weighted by atomic mass is 9.92. The molecule has 1 aliphatic heterocycles. The van der Waals surface area contributed by atoms with E-state index in [0.29, 0.717) is 23.4 Å². The number of anilines is 1. The average molecular weight is 404 g/mol. The van der Waals surface area contributed by atoms with Gasteiger partial charge < -0.3 is 16.0 Å². The summed E-state index contributed by atoms with van der Waals surface area (Å²) in [4.78, 5) is 29.3. The highest BCUT2D eigenvalue weighted by Crippen LogP contribution is 2.32. The van der Waals surface area contributed by atoms with E-state index in [9.17, 15) is 9.59 Å². The van der Waals surface area contributed by atoms with Crippen LogP contribution in [0, 0.1) is 0 Å². The molecule has 0 aromatic heterocycles. The standard InChI is InChI=1S/C23H21N3O2S/c24-17(13-29)23(28)21-16-10-15-8-4-5-9-18(15)26-19(16)11-20(27)22(21)25-12-14-6-2-1-3-7-14/h1-11,17,25-26,29H,12-13,24H2/t17-/m0/s1. The smallest absolute Gasteiger partial charge is 0.204 e. The number of thiol groups is 1. The van der Waals surface area contributed by atoms with Crippen molar-refractivity contribution in [2.45, 2.75) is 12.6 Å². The second-order valence-electron chi connectivity index (χ2n) is 6.93. The zero-order valence-corrected chi connectivity index (χ0v) is 16.6. The molecule has 4 rings (SSSR count). The van der Waals surface area contributed by atoms with Crippen molar-refractivity contribution in [3.8, 4) is 11.3 Å². The predicted molar refractivity (Wildman–Crippen MR) is 121 cm³/mol. The fourth-order valence-electron chi connectivity index (χ4n) is 3.45. The summed E-state index contributed by atoms with van der Waals surface area (Å²) >= 11 is 4.18. The highest BCUT2D eigenvalue weighted by molar-refractivity contribution is 7.80. The number of nitrogens with two attached hydrogens (primary N) is 1. The molecule has 0 amide bonds. The normalized spacial score (nSPS) is 12.2. The van der Waals surface area contributed by atoms with Gasteiger partial charge in [0.15, 0.2) is 5.78 Å². The van der Waals surface area contributed by atoms with Gasteiger partial charge in [-0.3, -0.25) is 9.59 Å². The Morgan fingerprint density at radius 1 is 1.07 bits per heavy atom. The van der Waals surface area contributed by atoms with Gasteiger partial charge in [-0.15, -0.1) is 0 Å². The number of ketones is 1. The zero-order chi connectivity index (χ0) is 20.4. The number of aromatic amines is 1. The lowest BCUT2D eigenvalue weighted by Gasteiger charge is -2.19. The van der Waals surface area contributed by atoms with Crippen molar-refractivity contribution >= 4 is 35.0 Å². The third-order valence-electron chi connectivity index (χ3n) is 4.95. The van der Waals surface area contributed by atoms with Crippen molar-refractivity contribution in [1.82, 2.24) is 4.98 Å². The second kappa shape index (κ2) is 8.11. The first-order valence-electron chi connectivity index (χ1n) is 9.35. The molecule has 2 aromatic carbocycles. The molecular weight excluding hydrogens is 382 g/mol. The number of Topliss-reactive ketones (excluding diaryl/α,β-unsaturated/α-hetero) is 1. The fourth-order valence-corrected chi connectivity index (χ4v) is 3.62. The first kappa shape index (κ1) is 19.2. The van der Waals surface area contributed by atoms with E-state index in [2.05, 4.69) is 22.9 Å². The molecule has 0 bridgehead atoms. The van der Waals surface area contributed by atoms with Crippen molar-refractivity contribution in [3.63, 3.8) is 0 Å². The van der Waals surface area contributed by atoms with E-state index in [-0.39, 0.29) is 22.7 Å². The Balaban J connectivity index is 1.91. The summed E-state index contributed by atoms with van der Waals surface area (Å²) in [6.07, 6.45) is 0. The van der Waals surface area contributed by atoms with E-state index in [4.69, 9.17) is 5.73 Å². The van der Waals surface area contributed by atoms with Crippen LogP contribution in [0.5, 0.6) is 0 Å². The van der Waals surface area contributed by atoms with Crippen LogP contribution in [0.15, 0.2) is 71.5 Å². The maximum absolute atomic E-state index is 13.1.